The van der Waals surface area contributed by atoms with Crippen molar-refractivity contribution >= 4 is 17.5 Å². The van der Waals surface area contributed by atoms with E-state index in [0.717, 1.165) is 4.88 Å². The van der Waals surface area contributed by atoms with Crippen molar-refractivity contribution in [1.29, 1.82) is 0 Å². The first-order chi connectivity index (χ1) is 6.13. The molecular formula is C7H10N2O3S. The molecule has 1 unspecified atom stereocenters. The zero-order chi connectivity index (χ0) is 9.84. The van der Waals surface area contributed by atoms with E-state index in [1.54, 1.807) is 6.07 Å². The number of nitrogens with zero attached hydrogens (tertiary/aromatic N) is 1. The number of carboxylic acids is 1. The zero-order valence-corrected chi connectivity index (χ0v) is 7.87. The zero-order valence-electron chi connectivity index (χ0n) is 7.06. The molecule has 1 aromatic heterocycles. The molecule has 13 heavy (non-hydrogen) atoms. The Labute approximate surface area is 79.3 Å². The maximum atomic E-state index is 10.4. The number of hydrogen-bond acceptors (Lipinski definition) is 5. The van der Waals surface area contributed by atoms with Crippen molar-refractivity contribution in [2.45, 2.75) is 12.5 Å². The lowest BCUT2D eigenvalue weighted by Crippen LogP contribution is -2.31. The molecule has 6 heteroatoms. The van der Waals surface area contributed by atoms with E-state index >= 15 is 0 Å². The SMILES string of the molecule is COc1cc(CC(N)C(=O)O)sn1. The summed E-state index contributed by atoms with van der Waals surface area (Å²) in [6.45, 7) is 0. The van der Waals surface area contributed by atoms with Crippen LogP contribution in [0.4, 0.5) is 0 Å². The van der Waals surface area contributed by atoms with Gasteiger partial charge in [0.05, 0.1) is 7.11 Å². The van der Waals surface area contributed by atoms with Crippen LogP contribution in [0.25, 0.3) is 0 Å². The third-order valence-electron chi connectivity index (χ3n) is 1.48. The number of ether oxygens (including phenoxy) is 1. The lowest BCUT2D eigenvalue weighted by molar-refractivity contribution is -0.138. The van der Waals surface area contributed by atoms with Crippen LogP contribution >= 0.6 is 11.5 Å². The summed E-state index contributed by atoms with van der Waals surface area (Å²) < 4.78 is 8.77. The minimum Gasteiger partial charge on any atom is -0.480 e. The standard InChI is InChI=1S/C7H10N2O3S/c1-12-6-3-4(13-9-6)2-5(8)7(10)11/h3,5H,2,8H2,1H3,(H,10,11). The maximum Gasteiger partial charge on any atom is 0.320 e. The minimum absolute atomic E-state index is 0.288. The first-order valence-corrected chi connectivity index (χ1v) is 4.38. The van der Waals surface area contributed by atoms with Crippen LogP contribution in [0.2, 0.25) is 0 Å². The molecule has 0 aromatic carbocycles. The molecule has 1 atom stereocenters. The van der Waals surface area contributed by atoms with Gasteiger partial charge in [-0.2, -0.15) is 4.37 Å². The Bertz CT molecular complexity index is 300. The monoisotopic (exact) mass is 202 g/mol. The first kappa shape index (κ1) is 9.94. The van der Waals surface area contributed by atoms with Crippen LogP contribution in [0, 0.1) is 0 Å². The molecule has 0 bridgehead atoms. The van der Waals surface area contributed by atoms with E-state index in [1.165, 1.54) is 18.6 Å². The second-order valence-corrected chi connectivity index (χ2v) is 3.37. The van der Waals surface area contributed by atoms with Crippen molar-refractivity contribution in [2.75, 3.05) is 7.11 Å². The van der Waals surface area contributed by atoms with Gasteiger partial charge in [-0.1, -0.05) is 0 Å². The number of aliphatic carboxylic acids is 1. The molecule has 0 aliphatic rings. The molecule has 1 aromatic rings. The van der Waals surface area contributed by atoms with E-state index in [-0.39, 0.29) is 6.42 Å². The van der Waals surface area contributed by atoms with E-state index < -0.39 is 12.0 Å². The number of carboxylic acid groups (broad SMARTS) is 1. The highest BCUT2D eigenvalue weighted by atomic mass is 32.1. The average molecular weight is 202 g/mol. The summed E-state index contributed by atoms with van der Waals surface area (Å²) in [5, 5.41) is 8.54. The van der Waals surface area contributed by atoms with Gasteiger partial charge in [-0.25, -0.2) is 0 Å². The minimum atomic E-state index is -1.01. The van der Waals surface area contributed by atoms with Crippen LogP contribution in [-0.4, -0.2) is 28.6 Å². The molecule has 1 rings (SSSR count). The van der Waals surface area contributed by atoms with E-state index in [4.69, 9.17) is 15.6 Å². The molecule has 0 amide bonds. The summed E-state index contributed by atoms with van der Waals surface area (Å²) in [7, 11) is 1.51. The average Bonchev–Trinajstić information content (AvgIpc) is 2.52. The van der Waals surface area contributed by atoms with Crippen LogP contribution in [0.1, 0.15) is 4.88 Å². The Morgan fingerprint density at radius 1 is 1.92 bits per heavy atom. The molecule has 1 heterocycles. The summed E-state index contributed by atoms with van der Waals surface area (Å²) in [5.41, 5.74) is 5.34. The van der Waals surface area contributed by atoms with E-state index in [9.17, 15) is 4.79 Å². The van der Waals surface area contributed by atoms with Gasteiger partial charge in [-0.3, -0.25) is 4.79 Å². The van der Waals surface area contributed by atoms with Crippen LogP contribution in [0.3, 0.4) is 0 Å². The topological polar surface area (TPSA) is 85.4 Å². The van der Waals surface area contributed by atoms with Gasteiger partial charge in [-0.05, 0) is 11.5 Å². The molecule has 0 aliphatic heterocycles. The third kappa shape index (κ3) is 2.67. The molecular weight excluding hydrogens is 192 g/mol. The van der Waals surface area contributed by atoms with Gasteiger partial charge in [0.25, 0.3) is 0 Å². The van der Waals surface area contributed by atoms with Crippen molar-refractivity contribution < 1.29 is 14.6 Å². The Hall–Kier alpha value is -1.14. The number of rotatable bonds is 4. The number of hydrogen-bond donors (Lipinski definition) is 2. The van der Waals surface area contributed by atoms with Crippen LogP contribution < -0.4 is 10.5 Å². The van der Waals surface area contributed by atoms with E-state index in [1.807, 2.05) is 0 Å². The van der Waals surface area contributed by atoms with Crippen molar-refractivity contribution in [2.24, 2.45) is 5.73 Å². The molecule has 0 radical (unpaired) electrons. The van der Waals surface area contributed by atoms with E-state index in [2.05, 4.69) is 4.37 Å². The highest BCUT2D eigenvalue weighted by Gasteiger charge is 2.14. The van der Waals surface area contributed by atoms with Crippen LogP contribution in [0.15, 0.2) is 6.07 Å². The lowest BCUT2D eigenvalue weighted by Gasteiger charge is -2.01. The van der Waals surface area contributed by atoms with Gasteiger partial charge in [0.1, 0.15) is 6.04 Å². The molecule has 5 nitrogen and oxygen atoms in total. The molecule has 3 N–H and O–H groups in total. The molecule has 0 aliphatic carbocycles. The van der Waals surface area contributed by atoms with Crippen LogP contribution in [0.5, 0.6) is 5.88 Å². The van der Waals surface area contributed by atoms with Crippen LogP contribution in [-0.2, 0) is 11.2 Å². The maximum absolute atomic E-state index is 10.4. The molecule has 0 saturated heterocycles. The number of methoxy groups -OCH3 is 1. The second kappa shape index (κ2) is 4.20. The number of carbonyl (C=O) groups is 1. The van der Waals surface area contributed by atoms with Gasteiger partial charge < -0.3 is 15.6 Å². The van der Waals surface area contributed by atoms with Gasteiger partial charge >= 0.3 is 5.97 Å². The predicted octanol–water partition coefficient (Wildman–Crippen LogP) is 0.106. The summed E-state index contributed by atoms with van der Waals surface area (Å²) in [4.78, 5) is 11.2. The van der Waals surface area contributed by atoms with Crippen molar-refractivity contribution in [3.05, 3.63) is 10.9 Å². The Balaban J connectivity index is 2.58. The second-order valence-electron chi connectivity index (χ2n) is 2.48. The molecule has 72 valence electrons. The van der Waals surface area contributed by atoms with Crippen molar-refractivity contribution in [3.63, 3.8) is 0 Å². The first-order valence-electron chi connectivity index (χ1n) is 3.61. The number of aromatic nitrogens is 1. The fourth-order valence-corrected chi connectivity index (χ4v) is 1.53. The summed E-state index contributed by atoms with van der Waals surface area (Å²) in [6.07, 6.45) is 0.288. The van der Waals surface area contributed by atoms with Gasteiger partial charge in [0, 0.05) is 17.4 Å². The summed E-state index contributed by atoms with van der Waals surface area (Å²) in [5.74, 6) is -0.509. The summed E-state index contributed by atoms with van der Waals surface area (Å²) in [6, 6.07) is 0.818. The quantitative estimate of drug-likeness (QED) is 0.723. The largest absolute Gasteiger partial charge is 0.480 e. The Kier molecular flexibility index (Phi) is 3.21. The molecule has 0 fully saturated rings. The van der Waals surface area contributed by atoms with Crippen molar-refractivity contribution in [1.82, 2.24) is 4.37 Å². The highest BCUT2D eigenvalue weighted by Crippen LogP contribution is 2.17. The van der Waals surface area contributed by atoms with Gasteiger partial charge in [0.15, 0.2) is 0 Å². The fourth-order valence-electron chi connectivity index (χ4n) is 0.790. The predicted molar refractivity (Wildman–Crippen MR) is 48.0 cm³/mol. The number of nitrogens with two attached hydrogens (primary N) is 1. The normalized spacial score (nSPS) is 12.5. The Morgan fingerprint density at radius 3 is 3.08 bits per heavy atom. The smallest absolute Gasteiger partial charge is 0.320 e. The molecule has 0 saturated carbocycles. The highest BCUT2D eigenvalue weighted by molar-refractivity contribution is 7.05. The third-order valence-corrected chi connectivity index (χ3v) is 2.28. The Morgan fingerprint density at radius 2 is 2.62 bits per heavy atom. The fraction of sp³-hybridized carbons (Fsp3) is 0.429. The van der Waals surface area contributed by atoms with Gasteiger partial charge in [0.2, 0.25) is 5.88 Å². The van der Waals surface area contributed by atoms with E-state index in [0.29, 0.717) is 5.88 Å². The van der Waals surface area contributed by atoms with Crippen molar-refractivity contribution in [3.8, 4) is 5.88 Å². The summed E-state index contributed by atoms with van der Waals surface area (Å²) >= 11 is 1.20. The lowest BCUT2D eigenvalue weighted by atomic mass is 10.2. The van der Waals surface area contributed by atoms with Gasteiger partial charge in [-0.15, -0.1) is 0 Å². The molecule has 0 spiro atoms.